The Balaban J connectivity index is 2.21. The molecule has 0 heterocycles. The van der Waals surface area contributed by atoms with Crippen LogP contribution in [0.1, 0.15) is 63.5 Å². The fourth-order valence-electron chi connectivity index (χ4n) is 2.24. The van der Waals surface area contributed by atoms with Crippen molar-refractivity contribution in [3.8, 4) is 0 Å². The van der Waals surface area contributed by atoms with Crippen molar-refractivity contribution in [1.82, 2.24) is 0 Å². The van der Waals surface area contributed by atoms with Crippen molar-refractivity contribution in [3.63, 3.8) is 0 Å². The summed E-state index contributed by atoms with van der Waals surface area (Å²) in [6.07, 6.45) is 10.8. The van der Waals surface area contributed by atoms with Crippen LogP contribution in [0.3, 0.4) is 0 Å². The molecule has 1 aromatic carbocycles. The summed E-state index contributed by atoms with van der Waals surface area (Å²) >= 11 is 0. The van der Waals surface area contributed by atoms with Gasteiger partial charge < -0.3 is 0 Å². The SMILES string of the molecule is CCCCCCCCc1ccccc1CC. The highest BCUT2D eigenvalue weighted by Gasteiger charge is 1.99. The molecule has 1 rings (SSSR count). The third-order valence-corrected chi connectivity index (χ3v) is 3.30. The second-order valence-corrected chi connectivity index (χ2v) is 4.64. The number of rotatable bonds is 8. The summed E-state index contributed by atoms with van der Waals surface area (Å²) in [5.41, 5.74) is 3.11. The first kappa shape index (κ1) is 13.3. The van der Waals surface area contributed by atoms with Crippen molar-refractivity contribution >= 4 is 0 Å². The minimum atomic E-state index is 1.17. The molecule has 0 amide bonds. The average molecular weight is 218 g/mol. The van der Waals surface area contributed by atoms with Gasteiger partial charge in [0.05, 0.1) is 0 Å². The van der Waals surface area contributed by atoms with E-state index in [9.17, 15) is 0 Å². The lowest BCUT2D eigenvalue weighted by molar-refractivity contribution is 0.606. The van der Waals surface area contributed by atoms with Crippen LogP contribution in [-0.2, 0) is 12.8 Å². The summed E-state index contributed by atoms with van der Waals surface area (Å²) in [4.78, 5) is 0. The van der Waals surface area contributed by atoms with Gasteiger partial charge in [0.25, 0.3) is 0 Å². The van der Waals surface area contributed by atoms with Crippen LogP contribution in [0.5, 0.6) is 0 Å². The van der Waals surface area contributed by atoms with Gasteiger partial charge in [-0.25, -0.2) is 0 Å². The van der Waals surface area contributed by atoms with E-state index in [0.717, 1.165) is 0 Å². The molecule has 0 aliphatic heterocycles. The molecule has 0 atom stereocenters. The zero-order valence-electron chi connectivity index (χ0n) is 11.0. The number of hydrogen-bond acceptors (Lipinski definition) is 0. The Hall–Kier alpha value is -0.780. The van der Waals surface area contributed by atoms with Crippen molar-refractivity contribution < 1.29 is 0 Å². The number of benzene rings is 1. The zero-order chi connectivity index (χ0) is 11.6. The summed E-state index contributed by atoms with van der Waals surface area (Å²) in [5, 5.41) is 0. The van der Waals surface area contributed by atoms with Crippen LogP contribution >= 0.6 is 0 Å². The fraction of sp³-hybridized carbons (Fsp3) is 0.625. The Bertz CT molecular complexity index is 275. The van der Waals surface area contributed by atoms with Gasteiger partial charge >= 0.3 is 0 Å². The molecule has 0 aromatic heterocycles. The first-order chi connectivity index (χ1) is 7.88. The molecule has 0 spiro atoms. The Morgan fingerprint density at radius 1 is 0.750 bits per heavy atom. The van der Waals surface area contributed by atoms with E-state index in [-0.39, 0.29) is 0 Å². The van der Waals surface area contributed by atoms with E-state index in [1.165, 1.54) is 56.9 Å². The molecule has 90 valence electrons. The lowest BCUT2D eigenvalue weighted by Crippen LogP contribution is -1.92. The maximum absolute atomic E-state index is 2.30. The van der Waals surface area contributed by atoms with E-state index in [1.54, 1.807) is 5.56 Å². The highest BCUT2D eigenvalue weighted by atomic mass is 14.0. The second kappa shape index (κ2) is 8.38. The molecule has 16 heavy (non-hydrogen) atoms. The standard InChI is InChI=1S/C16H26/c1-3-5-6-7-8-9-13-16-14-11-10-12-15(16)4-2/h10-12,14H,3-9,13H2,1-2H3. The van der Waals surface area contributed by atoms with Gasteiger partial charge in [0.2, 0.25) is 0 Å². The quantitative estimate of drug-likeness (QED) is 0.529. The second-order valence-electron chi connectivity index (χ2n) is 4.64. The zero-order valence-corrected chi connectivity index (χ0v) is 11.0. The van der Waals surface area contributed by atoms with Gasteiger partial charge in [-0.2, -0.15) is 0 Å². The summed E-state index contributed by atoms with van der Waals surface area (Å²) in [7, 11) is 0. The Kier molecular flexibility index (Phi) is 6.96. The molecular weight excluding hydrogens is 192 g/mol. The van der Waals surface area contributed by atoms with Crippen LogP contribution < -0.4 is 0 Å². The molecule has 0 aliphatic rings. The molecular formula is C16H26. The van der Waals surface area contributed by atoms with Crippen LogP contribution in [0.25, 0.3) is 0 Å². The molecule has 0 heteroatoms. The first-order valence-electron chi connectivity index (χ1n) is 6.95. The molecule has 0 bridgehead atoms. The van der Waals surface area contributed by atoms with Crippen molar-refractivity contribution in [3.05, 3.63) is 35.4 Å². The van der Waals surface area contributed by atoms with Crippen LogP contribution in [-0.4, -0.2) is 0 Å². The topological polar surface area (TPSA) is 0 Å². The third kappa shape index (κ3) is 4.83. The molecule has 0 N–H and O–H groups in total. The largest absolute Gasteiger partial charge is 0.0654 e. The average Bonchev–Trinajstić information content (AvgIpc) is 2.34. The molecule has 0 radical (unpaired) electrons. The highest BCUT2D eigenvalue weighted by Crippen LogP contribution is 2.14. The highest BCUT2D eigenvalue weighted by molar-refractivity contribution is 5.26. The van der Waals surface area contributed by atoms with Gasteiger partial charge in [0.15, 0.2) is 0 Å². The van der Waals surface area contributed by atoms with Gasteiger partial charge in [-0.1, -0.05) is 70.2 Å². The molecule has 0 saturated heterocycles. The lowest BCUT2D eigenvalue weighted by atomic mass is 9.99. The summed E-state index contributed by atoms with van der Waals surface area (Å²) in [6.45, 7) is 4.53. The minimum absolute atomic E-state index is 1.17. The predicted octanol–water partition coefficient (Wildman–Crippen LogP) is 5.15. The Morgan fingerprint density at radius 3 is 2.06 bits per heavy atom. The number of hydrogen-bond donors (Lipinski definition) is 0. The van der Waals surface area contributed by atoms with Crippen LogP contribution in [0.2, 0.25) is 0 Å². The molecule has 0 saturated carbocycles. The molecule has 1 aromatic rings. The predicted molar refractivity (Wildman–Crippen MR) is 72.9 cm³/mol. The normalized spacial score (nSPS) is 10.6. The van der Waals surface area contributed by atoms with E-state index < -0.39 is 0 Å². The van der Waals surface area contributed by atoms with E-state index in [1.807, 2.05) is 0 Å². The van der Waals surface area contributed by atoms with Crippen LogP contribution in [0, 0.1) is 0 Å². The van der Waals surface area contributed by atoms with Gasteiger partial charge in [0, 0.05) is 0 Å². The van der Waals surface area contributed by atoms with Gasteiger partial charge in [0.1, 0.15) is 0 Å². The van der Waals surface area contributed by atoms with Gasteiger partial charge in [-0.05, 0) is 30.4 Å². The van der Waals surface area contributed by atoms with Crippen molar-refractivity contribution in [2.45, 2.75) is 65.2 Å². The summed E-state index contributed by atoms with van der Waals surface area (Å²) in [6, 6.07) is 8.90. The number of aryl methyl sites for hydroxylation is 2. The van der Waals surface area contributed by atoms with E-state index in [4.69, 9.17) is 0 Å². The van der Waals surface area contributed by atoms with Crippen LogP contribution in [0.15, 0.2) is 24.3 Å². The summed E-state index contributed by atoms with van der Waals surface area (Å²) < 4.78 is 0. The van der Waals surface area contributed by atoms with E-state index in [0.29, 0.717) is 0 Å². The molecule has 0 aliphatic carbocycles. The van der Waals surface area contributed by atoms with Crippen molar-refractivity contribution in [1.29, 1.82) is 0 Å². The molecule has 0 fully saturated rings. The van der Waals surface area contributed by atoms with E-state index >= 15 is 0 Å². The van der Waals surface area contributed by atoms with Gasteiger partial charge in [-0.15, -0.1) is 0 Å². The fourth-order valence-corrected chi connectivity index (χ4v) is 2.24. The van der Waals surface area contributed by atoms with Crippen molar-refractivity contribution in [2.75, 3.05) is 0 Å². The minimum Gasteiger partial charge on any atom is -0.0654 e. The Morgan fingerprint density at radius 2 is 1.38 bits per heavy atom. The van der Waals surface area contributed by atoms with Gasteiger partial charge in [-0.3, -0.25) is 0 Å². The van der Waals surface area contributed by atoms with Crippen LogP contribution in [0.4, 0.5) is 0 Å². The maximum atomic E-state index is 2.30. The van der Waals surface area contributed by atoms with E-state index in [2.05, 4.69) is 38.1 Å². The Labute approximate surface area is 101 Å². The molecule has 0 nitrogen and oxygen atoms in total. The monoisotopic (exact) mass is 218 g/mol. The summed E-state index contributed by atoms with van der Waals surface area (Å²) in [5.74, 6) is 0. The van der Waals surface area contributed by atoms with Crippen molar-refractivity contribution in [2.24, 2.45) is 0 Å². The first-order valence-corrected chi connectivity index (χ1v) is 6.95. The maximum Gasteiger partial charge on any atom is -0.0276 e. The number of unbranched alkanes of at least 4 members (excludes halogenated alkanes) is 5. The molecule has 0 unspecified atom stereocenters. The lowest BCUT2D eigenvalue weighted by Gasteiger charge is -2.07. The third-order valence-electron chi connectivity index (χ3n) is 3.30. The smallest absolute Gasteiger partial charge is 0.0276 e.